The van der Waals surface area contributed by atoms with Crippen molar-refractivity contribution in [2.45, 2.75) is 25.9 Å². The van der Waals surface area contributed by atoms with Gasteiger partial charge in [-0.2, -0.15) is 0 Å². The summed E-state index contributed by atoms with van der Waals surface area (Å²) in [5.74, 6) is -0.169. The van der Waals surface area contributed by atoms with Crippen LogP contribution in [0.2, 0.25) is 0 Å². The Labute approximate surface area is 93.7 Å². The summed E-state index contributed by atoms with van der Waals surface area (Å²) >= 11 is 0. The van der Waals surface area contributed by atoms with Crippen molar-refractivity contribution in [3.63, 3.8) is 0 Å². The zero-order valence-electron chi connectivity index (χ0n) is 9.22. The lowest BCUT2D eigenvalue weighted by atomic mass is 10.3. The topological polar surface area (TPSA) is 71.3 Å². The third-order valence-electron chi connectivity index (χ3n) is 2.16. The smallest absolute Gasteiger partial charge is 0.250 e. The van der Waals surface area contributed by atoms with Crippen molar-refractivity contribution in [3.8, 4) is 0 Å². The van der Waals surface area contributed by atoms with Crippen LogP contribution in [0.15, 0.2) is 29.2 Å². The molecule has 1 aromatic heterocycles. The number of amides is 1. The van der Waals surface area contributed by atoms with E-state index in [0.717, 1.165) is 0 Å². The Morgan fingerprint density at radius 3 is 2.94 bits per heavy atom. The molecule has 0 fully saturated rings. The number of hydrogen-bond acceptors (Lipinski definition) is 3. The molecule has 88 valence electrons. The van der Waals surface area contributed by atoms with Crippen LogP contribution in [0.4, 0.5) is 0 Å². The monoisotopic (exact) mass is 224 g/mol. The highest BCUT2D eigenvalue weighted by molar-refractivity contribution is 5.76. The van der Waals surface area contributed by atoms with E-state index in [-0.39, 0.29) is 30.5 Å². The molecule has 1 amide bonds. The van der Waals surface area contributed by atoms with E-state index in [0.29, 0.717) is 6.54 Å². The first kappa shape index (κ1) is 12.4. The lowest BCUT2D eigenvalue weighted by Gasteiger charge is -2.11. The molecule has 1 rings (SSSR count). The van der Waals surface area contributed by atoms with Gasteiger partial charge in [-0.3, -0.25) is 9.59 Å². The Hall–Kier alpha value is -1.62. The van der Waals surface area contributed by atoms with Crippen LogP contribution >= 0.6 is 0 Å². The zero-order chi connectivity index (χ0) is 12.0. The van der Waals surface area contributed by atoms with Crippen LogP contribution in [0.25, 0.3) is 0 Å². The van der Waals surface area contributed by atoms with Gasteiger partial charge < -0.3 is 15.0 Å². The summed E-state index contributed by atoms with van der Waals surface area (Å²) in [4.78, 5) is 22.7. The van der Waals surface area contributed by atoms with Gasteiger partial charge in [0.2, 0.25) is 5.91 Å². The number of aliphatic hydroxyl groups is 1. The van der Waals surface area contributed by atoms with Gasteiger partial charge in [-0.25, -0.2) is 0 Å². The first-order valence-electron chi connectivity index (χ1n) is 5.19. The number of aliphatic hydroxyl groups excluding tert-OH is 1. The van der Waals surface area contributed by atoms with Gasteiger partial charge in [-0.1, -0.05) is 6.07 Å². The normalized spacial score (nSPS) is 12.1. The fourth-order valence-electron chi connectivity index (χ4n) is 1.26. The molecular formula is C11H16N2O3. The molecule has 0 spiro atoms. The zero-order valence-corrected chi connectivity index (χ0v) is 9.22. The lowest BCUT2D eigenvalue weighted by Crippen LogP contribution is -2.35. The van der Waals surface area contributed by atoms with Crippen LogP contribution in [0.1, 0.15) is 13.3 Å². The van der Waals surface area contributed by atoms with Gasteiger partial charge in [-0.15, -0.1) is 0 Å². The molecule has 0 radical (unpaired) electrons. The number of rotatable bonds is 5. The van der Waals surface area contributed by atoms with Crippen molar-refractivity contribution >= 4 is 5.91 Å². The number of nitrogens with one attached hydrogen (secondary N) is 1. The number of aromatic nitrogens is 1. The summed E-state index contributed by atoms with van der Waals surface area (Å²) in [7, 11) is 0. The SMILES string of the molecule is C[C@@H](CO)NC(=O)CCn1ccccc1=O. The standard InChI is InChI=1S/C11H16N2O3/c1-9(8-14)12-10(15)5-7-13-6-3-2-4-11(13)16/h2-4,6,9,14H,5,7-8H2,1H3,(H,12,15)/t9-/m0/s1. The van der Waals surface area contributed by atoms with Crippen LogP contribution in [0, 0.1) is 0 Å². The van der Waals surface area contributed by atoms with Crippen LogP contribution in [0.3, 0.4) is 0 Å². The number of carbonyl (C=O) groups is 1. The molecule has 0 saturated carbocycles. The minimum atomic E-state index is -0.250. The molecule has 0 aliphatic carbocycles. The van der Waals surface area contributed by atoms with Gasteiger partial charge in [0, 0.05) is 31.3 Å². The molecule has 0 aliphatic rings. The van der Waals surface area contributed by atoms with Crippen molar-refractivity contribution in [3.05, 3.63) is 34.7 Å². The molecule has 0 bridgehead atoms. The van der Waals surface area contributed by atoms with E-state index in [9.17, 15) is 9.59 Å². The van der Waals surface area contributed by atoms with E-state index >= 15 is 0 Å². The largest absolute Gasteiger partial charge is 0.394 e. The molecule has 16 heavy (non-hydrogen) atoms. The molecule has 0 aromatic carbocycles. The third kappa shape index (κ3) is 3.86. The number of pyridine rings is 1. The Morgan fingerprint density at radius 2 is 2.31 bits per heavy atom. The fraction of sp³-hybridized carbons (Fsp3) is 0.455. The second-order valence-corrected chi connectivity index (χ2v) is 3.63. The van der Waals surface area contributed by atoms with Crippen molar-refractivity contribution in [1.82, 2.24) is 9.88 Å². The number of hydrogen-bond donors (Lipinski definition) is 2. The third-order valence-corrected chi connectivity index (χ3v) is 2.16. The minimum absolute atomic E-state index is 0.0863. The van der Waals surface area contributed by atoms with Crippen molar-refractivity contribution < 1.29 is 9.90 Å². The highest BCUT2D eigenvalue weighted by Crippen LogP contribution is 1.89. The van der Waals surface area contributed by atoms with Crippen molar-refractivity contribution in [2.75, 3.05) is 6.61 Å². The highest BCUT2D eigenvalue weighted by atomic mass is 16.3. The summed E-state index contributed by atoms with van der Waals surface area (Å²) in [6, 6.07) is 4.61. The first-order chi connectivity index (χ1) is 7.63. The number of aryl methyl sites for hydroxylation is 1. The summed E-state index contributed by atoms with van der Waals surface area (Å²) in [5, 5.41) is 11.4. The van der Waals surface area contributed by atoms with Crippen molar-refractivity contribution in [2.24, 2.45) is 0 Å². The van der Waals surface area contributed by atoms with E-state index in [1.54, 1.807) is 25.3 Å². The maximum absolute atomic E-state index is 11.4. The fourth-order valence-corrected chi connectivity index (χ4v) is 1.26. The quantitative estimate of drug-likeness (QED) is 0.723. The molecule has 0 saturated heterocycles. The average Bonchev–Trinajstić information content (AvgIpc) is 2.28. The van der Waals surface area contributed by atoms with Gasteiger partial charge in [0.1, 0.15) is 0 Å². The highest BCUT2D eigenvalue weighted by Gasteiger charge is 2.06. The van der Waals surface area contributed by atoms with Gasteiger partial charge in [0.05, 0.1) is 6.61 Å². The Morgan fingerprint density at radius 1 is 1.56 bits per heavy atom. The maximum Gasteiger partial charge on any atom is 0.250 e. The van der Waals surface area contributed by atoms with E-state index < -0.39 is 0 Å². The molecule has 1 heterocycles. The second kappa shape index (κ2) is 6.07. The van der Waals surface area contributed by atoms with Crippen LogP contribution < -0.4 is 10.9 Å². The van der Waals surface area contributed by atoms with Gasteiger partial charge in [-0.05, 0) is 13.0 Å². The Balaban J connectivity index is 2.43. The minimum Gasteiger partial charge on any atom is -0.394 e. The van der Waals surface area contributed by atoms with Gasteiger partial charge in [0.15, 0.2) is 0 Å². The number of carbonyl (C=O) groups excluding carboxylic acids is 1. The van der Waals surface area contributed by atoms with Crippen LogP contribution in [-0.2, 0) is 11.3 Å². The summed E-state index contributed by atoms with van der Waals surface area (Å²) in [5.41, 5.74) is -0.120. The van der Waals surface area contributed by atoms with E-state index in [4.69, 9.17) is 5.11 Å². The predicted octanol–water partition coefficient (Wildman–Crippen LogP) is -0.265. The molecule has 2 N–H and O–H groups in total. The van der Waals surface area contributed by atoms with E-state index in [1.165, 1.54) is 10.6 Å². The summed E-state index contributed by atoms with van der Waals surface area (Å²) in [6.07, 6.45) is 1.87. The molecule has 1 aromatic rings. The maximum atomic E-state index is 11.4. The molecule has 1 atom stereocenters. The Kier molecular flexibility index (Phi) is 4.72. The first-order valence-corrected chi connectivity index (χ1v) is 5.19. The predicted molar refractivity (Wildman–Crippen MR) is 60.0 cm³/mol. The van der Waals surface area contributed by atoms with Gasteiger partial charge >= 0.3 is 0 Å². The van der Waals surface area contributed by atoms with Gasteiger partial charge in [0.25, 0.3) is 5.56 Å². The molecule has 0 unspecified atom stereocenters. The lowest BCUT2D eigenvalue weighted by molar-refractivity contribution is -0.122. The van der Waals surface area contributed by atoms with Crippen LogP contribution in [0.5, 0.6) is 0 Å². The van der Waals surface area contributed by atoms with Crippen LogP contribution in [-0.4, -0.2) is 28.2 Å². The molecule has 5 nitrogen and oxygen atoms in total. The second-order valence-electron chi connectivity index (χ2n) is 3.63. The number of nitrogens with zero attached hydrogens (tertiary/aromatic N) is 1. The van der Waals surface area contributed by atoms with E-state index in [2.05, 4.69) is 5.32 Å². The molecule has 5 heteroatoms. The molecular weight excluding hydrogens is 208 g/mol. The average molecular weight is 224 g/mol. The Bertz CT molecular complexity index is 400. The summed E-state index contributed by atoms with van der Waals surface area (Å²) < 4.78 is 1.48. The molecule has 0 aliphatic heterocycles. The van der Waals surface area contributed by atoms with Crippen molar-refractivity contribution in [1.29, 1.82) is 0 Å². The summed E-state index contributed by atoms with van der Waals surface area (Å²) in [6.45, 7) is 1.98. The van der Waals surface area contributed by atoms with E-state index in [1.807, 2.05) is 0 Å².